The Labute approximate surface area is 84.1 Å². The molecule has 0 aromatic carbocycles. The number of rotatable bonds is 2. The van der Waals surface area contributed by atoms with Crippen LogP contribution in [0.4, 0.5) is 0 Å². The van der Waals surface area contributed by atoms with Gasteiger partial charge in [0.1, 0.15) is 11.4 Å². The molecular weight excluding hydrogens is 202 g/mol. The van der Waals surface area contributed by atoms with Gasteiger partial charge >= 0.3 is 5.97 Å². The van der Waals surface area contributed by atoms with E-state index in [0.717, 1.165) is 0 Å². The van der Waals surface area contributed by atoms with E-state index < -0.39 is 11.9 Å². The summed E-state index contributed by atoms with van der Waals surface area (Å²) in [5.41, 5.74) is 8.05. The molecule has 1 heterocycles. The molecule has 0 fully saturated rings. The highest BCUT2D eigenvalue weighted by molar-refractivity contribution is 5.96. The Hall–Kier alpha value is -2.34. The minimum absolute atomic E-state index is 0.101. The standard InChI is InChI=1S/C7H7N5O3/c1-12-5(7(14)15-2)3-4(10-12)6(13)9-11-8/h3H,1-2H3. The van der Waals surface area contributed by atoms with Crippen LogP contribution in [0, 0.1) is 0 Å². The highest BCUT2D eigenvalue weighted by Gasteiger charge is 2.16. The summed E-state index contributed by atoms with van der Waals surface area (Å²) in [5.74, 6) is -1.46. The van der Waals surface area contributed by atoms with E-state index >= 15 is 0 Å². The van der Waals surface area contributed by atoms with Crippen molar-refractivity contribution < 1.29 is 14.3 Å². The van der Waals surface area contributed by atoms with E-state index in [9.17, 15) is 9.59 Å². The van der Waals surface area contributed by atoms with Crippen molar-refractivity contribution in [3.05, 3.63) is 27.9 Å². The van der Waals surface area contributed by atoms with Crippen molar-refractivity contribution in [2.75, 3.05) is 7.11 Å². The monoisotopic (exact) mass is 209 g/mol. The second-order valence-corrected chi connectivity index (χ2v) is 2.52. The van der Waals surface area contributed by atoms with Crippen LogP contribution in [0.1, 0.15) is 21.0 Å². The average Bonchev–Trinajstić information content (AvgIpc) is 2.60. The minimum Gasteiger partial charge on any atom is -0.464 e. The van der Waals surface area contributed by atoms with Crippen LogP contribution in [0.3, 0.4) is 0 Å². The minimum atomic E-state index is -0.844. The smallest absolute Gasteiger partial charge is 0.356 e. The highest BCUT2D eigenvalue weighted by atomic mass is 16.5. The van der Waals surface area contributed by atoms with Gasteiger partial charge in [0.25, 0.3) is 5.91 Å². The number of azide groups is 1. The molecule has 0 atom stereocenters. The number of esters is 1. The van der Waals surface area contributed by atoms with E-state index in [1.807, 2.05) is 0 Å². The second kappa shape index (κ2) is 4.25. The van der Waals surface area contributed by atoms with Crippen molar-refractivity contribution >= 4 is 11.9 Å². The molecule has 0 spiro atoms. The van der Waals surface area contributed by atoms with Gasteiger partial charge in [-0.05, 0) is 10.6 Å². The number of hydrogen-bond donors (Lipinski definition) is 0. The number of aryl methyl sites for hydroxylation is 1. The third kappa shape index (κ3) is 2.12. The lowest BCUT2D eigenvalue weighted by molar-refractivity contribution is 0.0588. The first kappa shape index (κ1) is 10.7. The van der Waals surface area contributed by atoms with Gasteiger partial charge in [0.05, 0.1) is 7.11 Å². The van der Waals surface area contributed by atoms with Gasteiger partial charge in [-0.1, -0.05) is 0 Å². The van der Waals surface area contributed by atoms with Crippen LogP contribution < -0.4 is 0 Å². The van der Waals surface area contributed by atoms with E-state index in [0.29, 0.717) is 0 Å². The lowest BCUT2D eigenvalue weighted by atomic mass is 10.3. The van der Waals surface area contributed by atoms with Crippen molar-refractivity contribution in [2.24, 2.45) is 12.2 Å². The van der Waals surface area contributed by atoms with E-state index in [1.54, 1.807) is 0 Å². The van der Waals surface area contributed by atoms with Crippen LogP contribution in [0.25, 0.3) is 10.4 Å². The fourth-order valence-corrected chi connectivity index (χ4v) is 0.959. The molecule has 0 bridgehead atoms. The Bertz CT molecular complexity index is 457. The largest absolute Gasteiger partial charge is 0.464 e. The maximum Gasteiger partial charge on any atom is 0.356 e. The summed E-state index contributed by atoms with van der Waals surface area (Å²) in [5, 5.41) is 6.55. The number of carbonyl (C=O) groups excluding carboxylic acids is 2. The molecule has 0 N–H and O–H groups in total. The fourth-order valence-electron chi connectivity index (χ4n) is 0.959. The molecule has 0 aliphatic carbocycles. The predicted molar refractivity (Wildman–Crippen MR) is 48.0 cm³/mol. The van der Waals surface area contributed by atoms with E-state index in [1.165, 1.54) is 24.9 Å². The molecule has 8 heteroatoms. The molecule has 15 heavy (non-hydrogen) atoms. The van der Waals surface area contributed by atoms with Gasteiger partial charge in [-0.2, -0.15) is 5.10 Å². The molecule has 0 saturated carbocycles. The molecule has 0 aliphatic rings. The number of amides is 1. The number of nitrogens with zero attached hydrogens (tertiary/aromatic N) is 5. The van der Waals surface area contributed by atoms with Crippen LogP contribution in [0.15, 0.2) is 11.2 Å². The van der Waals surface area contributed by atoms with Gasteiger partial charge in [-0.3, -0.25) is 9.48 Å². The first-order valence-electron chi connectivity index (χ1n) is 3.82. The Balaban J connectivity index is 3.10. The zero-order chi connectivity index (χ0) is 11.4. The highest BCUT2D eigenvalue weighted by Crippen LogP contribution is 2.06. The summed E-state index contributed by atoms with van der Waals surface area (Å²) in [7, 11) is 2.68. The quantitative estimate of drug-likeness (QED) is 0.308. The van der Waals surface area contributed by atoms with Gasteiger partial charge in [-0.25, -0.2) is 4.79 Å². The number of aromatic nitrogens is 2. The lowest BCUT2D eigenvalue weighted by Gasteiger charge is -1.96. The van der Waals surface area contributed by atoms with E-state index in [4.69, 9.17) is 5.53 Å². The Kier molecular flexibility index (Phi) is 3.04. The van der Waals surface area contributed by atoms with Crippen LogP contribution >= 0.6 is 0 Å². The molecule has 78 valence electrons. The number of ether oxygens (including phenoxy) is 1. The van der Waals surface area contributed by atoms with Crippen LogP contribution in [0.2, 0.25) is 0 Å². The molecule has 1 rings (SSSR count). The lowest BCUT2D eigenvalue weighted by Crippen LogP contribution is -2.07. The third-order valence-corrected chi connectivity index (χ3v) is 1.63. The van der Waals surface area contributed by atoms with Crippen molar-refractivity contribution in [3.8, 4) is 0 Å². The van der Waals surface area contributed by atoms with Gasteiger partial charge in [-0.15, -0.1) is 0 Å². The summed E-state index contributed by atoms with van der Waals surface area (Å²) < 4.78 is 5.63. The van der Waals surface area contributed by atoms with Crippen molar-refractivity contribution in [1.82, 2.24) is 9.78 Å². The van der Waals surface area contributed by atoms with Gasteiger partial charge < -0.3 is 4.74 Å². The molecule has 8 nitrogen and oxygen atoms in total. The zero-order valence-corrected chi connectivity index (χ0v) is 8.04. The van der Waals surface area contributed by atoms with Crippen LogP contribution in [-0.4, -0.2) is 28.8 Å². The number of carbonyl (C=O) groups is 2. The van der Waals surface area contributed by atoms with Crippen molar-refractivity contribution in [2.45, 2.75) is 0 Å². The maximum atomic E-state index is 11.1. The van der Waals surface area contributed by atoms with Crippen LogP contribution in [0.5, 0.6) is 0 Å². The van der Waals surface area contributed by atoms with Crippen LogP contribution in [-0.2, 0) is 11.8 Å². The first-order valence-corrected chi connectivity index (χ1v) is 3.82. The van der Waals surface area contributed by atoms with Crippen molar-refractivity contribution in [3.63, 3.8) is 0 Å². The third-order valence-electron chi connectivity index (χ3n) is 1.63. The fraction of sp³-hybridized carbons (Fsp3) is 0.286. The van der Waals surface area contributed by atoms with E-state index in [-0.39, 0.29) is 11.4 Å². The Morgan fingerprint density at radius 2 is 2.33 bits per heavy atom. The zero-order valence-electron chi connectivity index (χ0n) is 8.04. The van der Waals surface area contributed by atoms with Gasteiger partial charge in [0.2, 0.25) is 0 Å². The molecule has 0 saturated heterocycles. The summed E-state index contributed by atoms with van der Waals surface area (Å²) in [6, 6.07) is 1.20. The summed E-state index contributed by atoms with van der Waals surface area (Å²) in [6.45, 7) is 0. The maximum absolute atomic E-state index is 11.1. The summed E-state index contributed by atoms with van der Waals surface area (Å²) in [4.78, 5) is 24.5. The number of methoxy groups -OCH3 is 1. The summed E-state index contributed by atoms with van der Waals surface area (Å²) >= 11 is 0. The van der Waals surface area contributed by atoms with Gasteiger partial charge in [0.15, 0.2) is 0 Å². The Morgan fingerprint density at radius 3 is 2.87 bits per heavy atom. The Morgan fingerprint density at radius 1 is 1.67 bits per heavy atom. The predicted octanol–water partition coefficient (Wildman–Crippen LogP) is 0.657. The van der Waals surface area contributed by atoms with Crippen molar-refractivity contribution in [1.29, 1.82) is 0 Å². The molecule has 0 radical (unpaired) electrons. The molecule has 0 aliphatic heterocycles. The normalized spacial score (nSPS) is 9.20. The van der Waals surface area contributed by atoms with Gasteiger partial charge in [0, 0.05) is 18.0 Å². The summed E-state index contributed by atoms with van der Waals surface area (Å²) in [6.07, 6.45) is 0. The molecular formula is C7H7N5O3. The molecule has 1 aromatic heterocycles. The topological polar surface area (TPSA) is 110 Å². The molecule has 1 amide bonds. The number of hydrogen-bond acceptors (Lipinski definition) is 4. The molecule has 0 unspecified atom stereocenters. The SMILES string of the molecule is COC(=O)c1cc(C(=O)N=[N+]=[N-])nn1C. The molecule has 1 aromatic rings. The first-order chi connectivity index (χ1) is 7.10. The average molecular weight is 209 g/mol. The van der Waals surface area contributed by atoms with E-state index in [2.05, 4.69) is 19.9 Å². The second-order valence-electron chi connectivity index (χ2n) is 2.52.